The van der Waals surface area contributed by atoms with Gasteiger partial charge < -0.3 is 21.9 Å². The first-order valence-corrected chi connectivity index (χ1v) is 6.11. The van der Waals surface area contributed by atoms with Crippen molar-refractivity contribution in [1.29, 1.82) is 0 Å². The summed E-state index contributed by atoms with van der Waals surface area (Å²) in [7, 11) is 0. The van der Waals surface area contributed by atoms with Gasteiger partial charge in [-0.2, -0.15) is 4.99 Å². The van der Waals surface area contributed by atoms with Gasteiger partial charge in [-0.25, -0.2) is 4.99 Å². The summed E-state index contributed by atoms with van der Waals surface area (Å²) < 4.78 is 5.51. The van der Waals surface area contributed by atoms with E-state index in [-0.39, 0.29) is 17.1 Å². The van der Waals surface area contributed by atoms with Crippen LogP contribution in [0.15, 0.2) is 46.4 Å². The molecule has 0 saturated carbocycles. The zero-order chi connectivity index (χ0) is 15.2. The van der Waals surface area contributed by atoms with E-state index in [0.29, 0.717) is 17.3 Å². The van der Waals surface area contributed by atoms with Crippen molar-refractivity contribution in [2.75, 3.05) is 0 Å². The number of benzene rings is 1. The van der Waals surface area contributed by atoms with E-state index in [1.807, 2.05) is 0 Å². The molecule has 9 heteroatoms. The number of halogens is 1. The summed E-state index contributed by atoms with van der Waals surface area (Å²) in [6, 6.07) is 9.99. The zero-order valence-corrected chi connectivity index (χ0v) is 11.5. The van der Waals surface area contributed by atoms with Gasteiger partial charge in [-0.3, -0.25) is 0 Å². The molecule has 0 amide bonds. The molecule has 0 aliphatic heterocycles. The van der Waals surface area contributed by atoms with Gasteiger partial charge in [0.15, 0.2) is 11.1 Å². The molecule has 0 radical (unpaired) electrons. The van der Waals surface area contributed by atoms with Gasteiger partial charge in [-0.1, -0.05) is 17.7 Å². The molecule has 6 N–H and O–H groups in total. The number of hydrogen-bond donors (Lipinski definition) is 3. The fraction of sp³-hybridized carbons (Fsp3) is 0. The molecule has 0 atom stereocenters. The summed E-state index contributed by atoms with van der Waals surface area (Å²) >= 11 is 5.64. The first kappa shape index (κ1) is 14.5. The molecule has 0 unspecified atom stereocenters. The first-order chi connectivity index (χ1) is 10.0. The number of aliphatic imine (C=N–C) groups is 2. The largest absolute Gasteiger partial charge is 0.437 e. The maximum absolute atomic E-state index is 5.64. The Hall–Kier alpha value is -2.87. The Kier molecular flexibility index (Phi) is 4.52. The van der Waals surface area contributed by atoms with Crippen molar-refractivity contribution < 1.29 is 4.74 Å². The average Bonchev–Trinajstić information content (AvgIpc) is 2.41. The SMILES string of the molecule is NC(N)=NC(N)=Nc1cccc(Oc2ccc(Cl)nn2)c1. The van der Waals surface area contributed by atoms with Crippen LogP contribution in [0.25, 0.3) is 0 Å². The fourth-order valence-corrected chi connectivity index (χ4v) is 1.49. The molecule has 108 valence electrons. The van der Waals surface area contributed by atoms with E-state index >= 15 is 0 Å². The fourth-order valence-electron chi connectivity index (χ4n) is 1.39. The summed E-state index contributed by atoms with van der Waals surface area (Å²) in [5.74, 6) is 0.585. The van der Waals surface area contributed by atoms with Crippen LogP contribution >= 0.6 is 11.6 Å². The molecule has 0 spiro atoms. The van der Waals surface area contributed by atoms with Gasteiger partial charge in [0.25, 0.3) is 0 Å². The Balaban J connectivity index is 2.18. The van der Waals surface area contributed by atoms with Gasteiger partial charge >= 0.3 is 0 Å². The second-order valence-electron chi connectivity index (χ2n) is 3.80. The molecule has 0 fully saturated rings. The maximum atomic E-state index is 5.64. The van der Waals surface area contributed by atoms with E-state index in [4.69, 9.17) is 33.5 Å². The third-order valence-corrected chi connectivity index (χ3v) is 2.34. The Morgan fingerprint density at radius 3 is 2.57 bits per heavy atom. The van der Waals surface area contributed by atoms with Crippen LogP contribution in [0.1, 0.15) is 0 Å². The van der Waals surface area contributed by atoms with Gasteiger partial charge in [-0.15, -0.1) is 10.2 Å². The van der Waals surface area contributed by atoms with Gasteiger partial charge in [0.05, 0.1) is 5.69 Å². The molecule has 0 saturated heterocycles. The van der Waals surface area contributed by atoms with Crippen LogP contribution in [0.5, 0.6) is 11.6 Å². The summed E-state index contributed by atoms with van der Waals surface area (Å²) in [5, 5.41) is 7.74. The predicted molar refractivity (Wildman–Crippen MR) is 80.7 cm³/mol. The van der Waals surface area contributed by atoms with Crippen LogP contribution in [0, 0.1) is 0 Å². The maximum Gasteiger partial charge on any atom is 0.238 e. The molecule has 0 bridgehead atoms. The molecule has 1 aromatic carbocycles. The normalized spacial score (nSPS) is 11.0. The lowest BCUT2D eigenvalue weighted by atomic mass is 10.3. The van der Waals surface area contributed by atoms with Crippen molar-refractivity contribution in [3.63, 3.8) is 0 Å². The number of guanidine groups is 2. The van der Waals surface area contributed by atoms with E-state index in [9.17, 15) is 0 Å². The number of ether oxygens (including phenoxy) is 1. The summed E-state index contributed by atoms with van der Waals surface area (Å²) in [4.78, 5) is 7.64. The van der Waals surface area contributed by atoms with Crippen LogP contribution in [-0.4, -0.2) is 22.1 Å². The highest BCUT2D eigenvalue weighted by Crippen LogP contribution is 2.24. The number of rotatable bonds is 3. The van der Waals surface area contributed by atoms with Crippen LogP contribution in [0.3, 0.4) is 0 Å². The summed E-state index contributed by atoms with van der Waals surface area (Å²) in [6.45, 7) is 0. The highest BCUT2D eigenvalue weighted by molar-refractivity contribution is 6.29. The van der Waals surface area contributed by atoms with Crippen molar-refractivity contribution in [3.8, 4) is 11.6 Å². The molecule has 0 aliphatic rings. The van der Waals surface area contributed by atoms with Crippen LogP contribution in [-0.2, 0) is 0 Å². The third kappa shape index (κ3) is 4.62. The van der Waals surface area contributed by atoms with Crippen LogP contribution < -0.4 is 21.9 Å². The Morgan fingerprint density at radius 1 is 1.10 bits per heavy atom. The molecule has 0 aliphatic carbocycles. The number of aromatic nitrogens is 2. The highest BCUT2D eigenvalue weighted by atomic mass is 35.5. The molecule has 21 heavy (non-hydrogen) atoms. The molecule has 1 heterocycles. The van der Waals surface area contributed by atoms with Crippen molar-refractivity contribution in [2.45, 2.75) is 0 Å². The monoisotopic (exact) mass is 305 g/mol. The molecule has 1 aromatic heterocycles. The molecular weight excluding hydrogens is 294 g/mol. The van der Waals surface area contributed by atoms with E-state index < -0.39 is 0 Å². The van der Waals surface area contributed by atoms with E-state index in [0.717, 1.165) is 0 Å². The lowest BCUT2D eigenvalue weighted by Crippen LogP contribution is -2.26. The topological polar surface area (TPSA) is 138 Å². The average molecular weight is 306 g/mol. The standard InChI is InChI=1S/C12H12ClN7O/c13-9-4-5-10(20-19-9)21-8-3-1-2-7(6-8)17-12(16)18-11(14)15/h1-6H,(H6,14,15,16,17,18). The lowest BCUT2D eigenvalue weighted by molar-refractivity contribution is 0.455. The van der Waals surface area contributed by atoms with E-state index in [1.165, 1.54) is 0 Å². The Bertz CT molecular complexity index is 680. The van der Waals surface area contributed by atoms with Gasteiger partial charge in [0, 0.05) is 12.1 Å². The number of nitrogens with two attached hydrogens (primary N) is 3. The minimum atomic E-state index is -0.167. The van der Waals surface area contributed by atoms with Gasteiger partial charge in [0.2, 0.25) is 11.8 Å². The lowest BCUT2D eigenvalue weighted by Gasteiger charge is -2.04. The van der Waals surface area contributed by atoms with Crippen molar-refractivity contribution in [3.05, 3.63) is 41.6 Å². The zero-order valence-electron chi connectivity index (χ0n) is 10.8. The molecule has 2 rings (SSSR count). The first-order valence-electron chi connectivity index (χ1n) is 5.74. The van der Waals surface area contributed by atoms with Crippen molar-refractivity contribution >= 4 is 29.2 Å². The number of nitrogens with zero attached hydrogens (tertiary/aromatic N) is 4. The van der Waals surface area contributed by atoms with Gasteiger partial charge in [0.1, 0.15) is 5.75 Å². The van der Waals surface area contributed by atoms with Crippen molar-refractivity contribution in [2.24, 2.45) is 27.2 Å². The summed E-state index contributed by atoms with van der Waals surface area (Å²) in [6.07, 6.45) is 0. The predicted octanol–water partition coefficient (Wildman–Crippen LogP) is 1.14. The molecule has 2 aromatic rings. The Morgan fingerprint density at radius 2 is 1.90 bits per heavy atom. The highest BCUT2D eigenvalue weighted by Gasteiger charge is 2.01. The quantitative estimate of drug-likeness (QED) is 0.574. The van der Waals surface area contributed by atoms with E-state index in [1.54, 1.807) is 36.4 Å². The Labute approximate surface area is 125 Å². The van der Waals surface area contributed by atoms with E-state index in [2.05, 4.69) is 20.2 Å². The minimum absolute atomic E-state index is 0.0570. The number of hydrogen-bond acceptors (Lipinski definition) is 4. The molecule has 8 nitrogen and oxygen atoms in total. The van der Waals surface area contributed by atoms with Gasteiger partial charge in [-0.05, 0) is 18.2 Å². The van der Waals surface area contributed by atoms with Crippen molar-refractivity contribution in [1.82, 2.24) is 10.2 Å². The smallest absolute Gasteiger partial charge is 0.238 e. The third-order valence-electron chi connectivity index (χ3n) is 2.13. The molecular formula is C12H12ClN7O. The minimum Gasteiger partial charge on any atom is -0.437 e. The summed E-state index contributed by atoms with van der Waals surface area (Å²) in [5.41, 5.74) is 16.5. The van der Waals surface area contributed by atoms with Crippen LogP contribution in [0.4, 0.5) is 5.69 Å². The second kappa shape index (κ2) is 6.53. The van der Waals surface area contributed by atoms with Crippen LogP contribution in [0.2, 0.25) is 5.15 Å². The second-order valence-corrected chi connectivity index (χ2v) is 4.19.